The van der Waals surface area contributed by atoms with Crippen molar-refractivity contribution < 1.29 is 9.18 Å². The van der Waals surface area contributed by atoms with Crippen molar-refractivity contribution in [2.45, 2.75) is 68.6 Å². The van der Waals surface area contributed by atoms with Gasteiger partial charge >= 0.3 is 0 Å². The third-order valence-corrected chi connectivity index (χ3v) is 7.16. The van der Waals surface area contributed by atoms with E-state index in [1.54, 1.807) is 12.1 Å². The van der Waals surface area contributed by atoms with Gasteiger partial charge in [-0.15, -0.1) is 10.2 Å². The van der Waals surface area contributed by atoms with Crippen LogP contribution < -0.4 is 5.32 Å². The Hall–Kier alpha value is -2.44. The minimum atomic E-state index is -0.750. The molecule has 2 aromatic rings. The molecule has 7 nitrogen and oxygen atoms in total. The molecule has 0 atom stereocenters. The van der Waals surface area contributed by atoms with Gasteiger partial charge in [-0.2, -0.15) is 5.26 Å². The van der Waals surface area contributed by atoms with Crippen LogP contribution in [0, 0.1) is 17.1 Å². The fourth-order valence-corrected chi connectivity index (χ4v) is 5.29. The summed E-state index contributed by atoms with van der Waals surface area (Å²) in [6.07, 6.45) is 8.02. The number of halogens is 1. The molecule has 170 valence electrons. The number of hydrogen-bond donors (Lipinski definition) is 1. The predicted molar refractivity (Wildman–Crippen MR) is 121 cm³/mol. The normalized spacial score (nSPS) is 18.8. The third-order valence-electron chi connectivity index (χ3n) is 6.23. The first-order chi connectivity index (χ1) is 15.6. The van der Waals surface area contributed by atoms with Gasteiger partial charge in [-0.3, -0.25) is 14.3 Å². The highest BCUT2D eigenvalue weighted by Crippen LogP contribution is 2.28. The minimum absolute atomic E-state index is 0.145. The lowest BCUT2D eigenvalue weighted by atomic mass is 9.83. The number of likely N-dealkylation sites (tertiary alicyclic amines) is 1. The van der Waals surface area contributed by atoms with E-state index in [2.05, 4.69) is 26.5 Å². The summed E-state index contributed by atoms with van der Waals surface area (Å²) in [5, 5.41) is 21.9. The number of rotatable bonds is 7. The second kappa shape index (κ2) is 10.5. The van der Waals surface area contributed by atoms with Crippen LogP contribution in [0.2, 0.25) is 0 Å². The number of carbonyl (C=O) groups excluding carboxylic acids is 1. The van der Waals surface area contributed by atoms with Gasteiger partial charge in [0.25, 0.3) is 0 Å². The first-order valence-electron chi connectivity index (χ1n) is 11.4. The van der Waals surface area contributed by atoms with E-state index in [4.69, 9.17) is 0 Å². The summed E-state index contributed by atoms with van der Waals surface area (Å²) >= 11 is 1.29. The lowest BCUT2D eigenvalue weighted by Gasteiger charge is -2.31. The molecule has 0 radical (unpaired) electrons. The Morgan fingerprint density at radius 2 is 1.78 bits per heavy atom. The Morgan fingerprint density at radius 3 is 2.47 bits per heavy atom. The number of benzene rings is 1. The fraction of sp³-hybridized carbons (Fsp3) is 0.565. The van der Waals surface area contributed by atoms with Gasteiger partial charge in [0, 0.05) is 5.69 Å². The molecule has 2 aliphatic rings. The van der Waals surface area contributed by atoms with Crippen molar-refractivity contribution in [2.24, 2.45) is 0 Å². The highest BCUT2D eigenvalue weighted by Gasteiger charge is 2.33. The van der Waals surface area contributed by atoms with Crippen LogP contribution >= 0.6 is 11.8 Å². The third kappa shape index (κ3) is 5.48. The Balaban J connectivity index is 1.49. The van der Waals surface area contributed by atoms with Crippen molar-refractivity contribution in [1.82, 2.24) is 25.0 Å². The first kappa shape index (κ1) is 22.7. The highest BCUT2D eigenvalue weighted by molar-refractivity contribution is 7.99. The predicted octanol–water partition coefficient (Wildman–Crippen LogP) is 3.83. The molecular weight excluding hydrogens is 427 g/mol. The number of aromatic nitrogens is 3. The molecule has 4 rings (SSSR count). The first-order valence-corrected chi connectivity index (χ1v) is 12.3. The van der Waals surface area contributed by atoms with Crippen molar-refractivity contribution in [3.8, 4) is 11.8 Å². The molecule has 1 N–H and O–H groups in total. The molecule has 2 heterocycles. The second-order valence-corrected chi connectivity index (χ2v) is 9.58. The Kier molecular flexibility index (Phi) is 7.43. The zero-order chi connectivity index (χ0) is 22.4. The lowest BCUT2D eigenvalue weighted by Crippen LogP contribution is -2.49. The molecule has 1 amide bonds. The quantitative estimate of drug-likeness (QED) is 0.638. The van der Waals surface area contributed by atoms with Crippen molar-refractivity contribution >= 4 is 17.7 Å². The summed E-state index contributed by atoms with van der Waals surface area (Å²) in [7, 11) is 0. The Morgan fingerprint density at radius 1 is 1.09 bits per heavy atom. The average Bonchev–Trinajstić information content (AvgIpc) is 3.22. The molecule has 1 aromatic carbocycles. The summed E-state index contributed by atoms with van der Waals surface area (Å²) in [4.78, 5) is 15.0. The molecule has 2 fully saturated rings. The summed E-state index contributed by atoms with van der Waals surface area (Å²) in [5.74, 6) is 0.445. The van der Waals surface area contributed by atoms with Gasteiger partial charge in [0.15, 0.2) is 11.0 Å². The van der Waals surface area contributed by atoms with Crippen LogP contribution in [0.25, 0.3) is 5.69 Å². The van der Waals surface area contributed by atoms with Crippen molar-refractivity contribution in [3.63, 3.8) is 0 Å². The van der Waals surface area contributed by atoms with E-state index in [1.165, 1.54) is 43.2 Å². The van der Waals surface area contributed by atoms with Gasteiger partial charge in [0.2, 0.25) is 5.91 Å². The molecule has 1 saturated heterocycles. The molecule has 32 heavy (non-hydrogen) atoms. The molecule has 1 aliphatic carbocycles. The van der Waals surface area contributed by atoms with Gasteiger partial charge in [-0.1, -0.05) is 37.4 Å². The van der Waals surface area contributed by atoms with Crippen LogP contribution in [0.3, 0.4) is 0 Å². The van der Waals surface area contributed by atoms with Crippen LogP contribution in [0.15, 0.2) is 29.4 Å². The second-order valence-electron chi connectivity index (χ2n) is 8.64. The maximum atomic E-state index is 13.5. The van der Waals surface area contributed by atoms with E-state index < -0.39 is 5.54 Å². The van der Waals surface area contributed by atoms with E-state index in [-0.39, 0.29) is 17.5 Å². The molecule has 0 spiro atoms. The van der Waals surface area contributed by atoms with Gasteiger partial charge in [0.1, 0.15) is 11.4 Å². The SMILES string of the molecule is N#CC1(NC(=O)CSc2nnc(CN3CCCCC3)n2-c2ccc(F)cc2)CCCCC1. The summed E-state index contributed by atoms with van der Waals surface area (Å²) in [5.41, 5.74) is 0.0204. The van der Waals surface area contributed by atoms with E-state index in [0.717, 1.165) is 43.9 Å². The number of nitrogens with zero attached hydrogens (tertiary/aromatic N) is 5. The zero-order valence-corrected chi connectivity index (χ0v) is 19.0. The zero-order valence-electron chi connectivity index (χ0n) is 18.2. The van der Waals surface area contributed by atoms with Crippen LogP contribution in [0.4, 0.5) is 4.39 Å². The minimum Gasteiger partial charge on any atom is -0.337 e. The topological polar surface area (TPSA) is 86.8 Å². The number of nitriles is 1. The number of amides is 1. The van der Waals surface area contributed by atoms with Gasteiger partial charge in [0.05, 0.1) is 18.4 Å². The summed E-state index contributed by atoms with van der Waals surface area (Å²) < 4.78 is 15.4. The van der Waals surface area contributed by atoms with E-state index in [1.807, 2.05) is 4.57 Å². The van der Waals surface area contributed by atoms with Crippen LogP contribution in [0.1, 0.15) is 57.2 Å². The molecule has 1 aliphatic heterocycles. The van der Waals surface area contributed by atoms with Gasteiger partial charge < -0.3 is 5.32 Å². The highest BCUT2D eigenvalue weighted by atomic mass is 32.2. The molecule has 9 heteroatoms. The average molecular weight is 457 g/mol. The molecule has 1 aromatic heterocycles. The Bertz CT molecular complexity index is 958. The smallest absolute Gasteiger partial charge is 0.231 e. The number of nitrogens with one attached hydrogen (secondary N) is 1. The number of hydrogen-bond acceptors (Lipinski definition) is 6. The fourth-order valence-electron chi connectivity index (χ4n) is 4.52. The standard InChI is InChI=1S/C23H29FN6OS/c24-18-7-9-19(10-8-18)30-20(15-29-13-5-2-6-14-29)27-28-22(30)32-16-21(31)26-23(17-25)11-3-1-4-12-23/h7-10H,1-6,11-16H2,(H,26,31). The largest absolute Gasteiger partial charge is 0.337 e. The monoisotopic (exact) mass is 456 g/mol. The van der Waals surface area contributed by atoms with E-state index in [9.17, 15) is 14.4 Å². The molecule has 0 unspecified atom stereocenters. The molecule has 0 bridgehead atoms. The number of piperidine rings is 1. The maximum Gasteiger partial charge on any atom is 0.231 e. The van der Waals surface area contributed by atoms with Crippen LogP contribution in [-0.4, -0.2) is 50.0 Å². The lowest BCUT2D eigenvalue weighted by molar-refractivity contribution is -0.120. The summed E-state index contributed by atoms with van der Waals surface area (Å²) in [6, 6.07) is 8.57. The molecule has 1 saturated carbocycles. The van der Waals surface area contributed by atoms with Crippen molar-refractivity contribution in [3.05, 3.63) is 35.9 Å². The van der Waals surface area contributed by atoms with Crippen molar-refractivity contribution in [2.75, 3.05) is 18.8 Å². The molecular formula is C23H29FN6OS. The van der Waals surface area contributed by atoms with Crippen LogP contribution in [-0.2, 0) is 11.3 Å². The van der Waals surface area contributed by atoms with E-state index >= 15 is 0 Å². The van der Waals surface area contributed by atoms with Crippen LogP contribution in [0.5, 0.6) is 0 Å². The van der Waals surface area contributed by atoms with Gasteiger partial charge in [-0.05, 0) is 63.0 Å². The van der Waals surface area contributed by atoms with Gasteiger partial charge in [-0.25, -0.2) is 4.39 Å². The Labute approximate surface area is 192 Å². The summed E-state index contributed by atoms with van der Waals surface area (Å²) in [6.45, 7) is 2.71. The maximum absolute atomic E-state index is 13.5. The van der Waals surface area contributed by atoms with E-state index in [0.29, 0.717) is 24.5 Å². The number of carbonyl (C=O) groups is 1. The van der Waals surface area contributed by atoms with Crippen molar-refractivity contribution in [1.29, 1.82) is 5.26 Å². The number of thioether (sulfide) groups is 1.